The Morgan fingerprint density at radius 3 is 2.71 bits per heavy atom. The van der Waals surface area contributed by atoms with E-state index in [-0.39, 0.29) is 5.75 Å². The lowest BCUT2D eigenvalue weighted by Crippen LogP contribution is -1.73. The van der Waals surface area contributed by atoms with Crippen LogP contribution in [-0.2, 0) is 0 Å². The van der Waals surface area contributed by atoms with Crippen molar-refractivity contribution in [2.24, 2.45) is 0 Å². The fourth-order valence-corrected chi connectivity index (χ4v) is 1.76. The molecule has 14 heavy (non-hydrogen) atoms. The lowest BCUT2D eigenvalue weighted by atomic mass is 10.1. The molecule has 0 bridgehead atoms. The molecule has 2 nitrogen and oxygen atoms in total. The Kier molecular flexibility index (Phi) is 1.34. The van der Waals surface area contributed by atoms with E-state index in [0.29, 0.717) is 0 Å². The minimum Gasteiger partial charge on any atom is -0.508 e. The maximum atomic E-state index is 9.40. The molecule has 0 atom stereocenters. The molecule has 0 aliphatic carbocycles. The fourth-order valence-electron chi connectivity index (χ4n) is 1.76. The highest BCUT2D eigenvalue weighted by molar-refractivity contribution is 6.06. The number of furan rings is 1. The number of phenolic OH excluding ortho intramolecular Hbond substituents is 1. The monoisotopic (exact) mass is 184 g/mol. The molecule has 68 valence electrons. The molecular formula is C12H8O2. The molecule has 0 radical (unpaired) electrons. The van der Waals surface area contributed by atoms with Gasteiger partial charge in [-0.2, -0.15) is 0 Å². The van der Waals surface area contributed by atoms with E-state index < -0.39 is 0 Å². The van der Waals surface area contributed by atoms with Crippen molar-refractivity contribution in [3.8, 4) is 5.75 Å². The summed E-state index contributed by atoms with van der Waals surface area (Å²) in [5.74, 6) is 0.284. The van der Waals surface area contributed by atoms with Gasteiger partial charge in [-0.25, -0.2) is 0 Å². The summed E-state index contributed by atoms with van der Waals surface area (Å²) >= 11 is 0. The van der Waals surface area contributed by atoms with E-state index in [9.17, 15) is 5.11 Å². The molecular weight excluding hydrogens is 176 g/mol. The van der Waals surface area contributed by atoms with E-state index in [1.807, 2.05) is 24.3 Å². The van der Waals surface area contributed by atoms with Gasteiger partial charge < -0.3 is 9.52 Å². The summed E-state index contributed by atoms with van der Waals surface area (Å²) in [6.45, 7) is 0. The van der Waals surface area contributed by atoms with Gasteiger partial charge in [0.25, 0.3) is 0 Å². The van der Waals surface area contributed by atoms with Gasteiger partial charge in [0.05, 0.1) is 6.26 Å². The van der Waals surface area contributed by atoms with E-state index >= 15 is 0 Å². The summed E-state index contributed by atoms with van der Waals surface area (Å²) in [6, 6.07) is 11.2. The summed E-state index contributed by atoms with van der Waals surface area (Å²) in [6.07, 6.45) is 1.66. The van der Waals surface area contributed by atoms with Gasteiger partial charge in [0.15, 0.2) is 0 Å². The van der Waals surface area contributed by atoms with Crippen molar-refractivity contribution >= 4 is 21.7 Å². The van der Waals surface area contributed by atoms with Gasteiger partial charge in [0.1, 0.15) is 11.3 Å². The molecule has 1 aromatic heterocycles. The highest BCUT2D eigenvalue weighted by Gasteiger charge is 2.02. The van der Waals surface area contributed by atoms with Crippen LogP contribution in [0.15, 0.2) is 47.1 Å². The number of hydrogen-bond acceptors (Lipinski definition) is 2. The first-order valence-electron chi connectivity index (χ1n) is 4.43. The van der Waals surface area contributed by atoms with Crippen molar-refractivity contribution in [1.29, 1.82) is 0 Å². The molecule has 1 heterocycles. The normalized spacial score (nSPS) is 11.1. The molecule has 1 N–H and O–H groups in total. The Morgan fingerprint density at radius 1 is 0.929 bits per heavy atom. The average molecular weight is 184 g/mol. The summed E-state index contributed by atoms with van der Waals surface area (Å²) in [4.78, 5) is 0. The van der Waals surface area contributed by atoms with Gasteiger partial charge in [-0.3, -0.25) is 0 Å². The van der Waals surface area contributed by atoms with Crippen LogP contribution in [0.25, 0.3) is 21.7 Å². The molecule has 0 saturated heterocycles. The maximum Gasteiger partial charge on any atom is 0.134 e. The summed E-state index contributed by atoms with van der Waals surface area (Å²) in [7, 11) is 0. The smallest absolute Gasteiger partial charge is 0.134 e. The van der Waals surface area contributed by atoms with Crippen LogP contribution in [0, 0.1) is 0 Å². The van der Waals surface area contributed by atoms with Gasteiger partial charge in [-0.15, -0.1) is 0 Å². The van der Waals surface area contributed by atoms with Gasteiger partial charge in [0, 0.05) is 5.39 Å². The summed E-state index contributed by atoms with van der Waals surface area (Å²) in [5.41, 5.74) is 0.850. The zero-order valence-corrected chi connectivity index (χ0v) is 7.40. The molecule has 2 aromatic carbocycles. The molecule has 0 unspecified atom stereocenters. The quantitative estimate of drug-likeness (QED) is 0.581. The lowest BCUT2D eigenvalue weighted by molar-refractivity contribution is 0.476. The third kappa shape index (κ3) is 0.909. The van der Waals surface area contributed by atoms with Crippen molar-refractivity contribution in [3.63, 3.8) is 0 Å². The highest BCUT2D eigenvalue weighted by Crippen LogP contribution is 2.28. The predicted octanol–water partition coefficient (Wildman–Crippen LogP) is 3.29. The van der Waals surface area contributed by atoms with E-state index in [1.165, 1.54) is 0 Å². The SMILES string of the molecule is Oc1ccc2ccc3occc3c2c1. The fraction of sp³-hybridized carbons (Fsp3) is 0. The van der Waals surface area contributed by atoms with Crippen LogP contribution in [0.5, 0.6) is 5.75 Å². The summed E-state index contributed by atoms with van der Waals surface area (Å²) in [5, 5.41) is 12.6. The number of fused-ring (bicyclic) bond motifs is 3. The third-order valence-electron chi connectivity index (χ3n) is 2.44. The molecule has 0 aliphatic rings. The minimum absolute atomic E-state index is 0.284. The molecule has 0 aliphatic heterocycles. The second kappa shape index (κ2) is 2.51. The Balaban J connectivity index is 2.60. The lowest BCUT2D eigenvalue weighted by Gasteiger charge is -1.99. The Labute approximate surface area is 80.4 Å². The topological polar surface area (TPSA) is 33.4 Å². The highest BCUT2D eigenvalue weighted by atomic mass is 16.3. The Morgan fingerprint density at radius 2 is 1.79 bits per heavy atom. The number of hydrogen-bond donors (Lipinski definition) is 1. The van der Waals surface area contributed by atoms with E-state index in [1.54, 1.807) is 18.4 Å². The molecule has 3 rings (SSSR count). The van der Waals surface area contributed by atoms with E-state index in [2.05, 4.69) is 0 Å². The Bertz CT molecular complexity index is 608. The molecule has 3 aromatic rings. The van der Waals surface area contributed by atoms with Gasteiger partial charge >= 0.3 is 0 Å². The molecule has 2 heteroatoms. The van der Waals surface area contributed by atoms with Crippen molar-refractivity contribution in [3.05, 3.63) is 42.7 Å². The van der Waals surface area contributed by atoms with Crippen molar-refractivity contribution in [2.45, 2.75) is 0 Å². The van der Waals surface area contributed by atoms with Gasteiger partial charge in [-0.05, 0) is 35.0 Å². The summed E-state index contributed by atoms with van der Waals surface area (Å²) < 4.78 is 5.28. The number of phenols is 1. The molecule has 0 spiro atoms. The van der Waals surface area contributed by atoms with Gasteiger partial charge in [-0.1, -0.05) is 12.1 Å². The second-order valence-electron chi connectivity index (χ2n) is 3.30. The van der Waals surface area contributed by atoms with Crippen molar-refractivity contribution < 1.29 is 9.52 Å². The van der Waals surface area contributed by atoms with Crippen LogP contribution in [0.1, 0.15) is 0 Å². The van der Waals surface area contributed by atoms with E-state index in [4.69, 9.17) is 4.42 Å². The molecule has 0 fully saturated rings. The third-order valence-corrected chi connectivity index (χ3v) is 2.44. The Hall–Kier alpha value is -1.96. The standard InChI is InChI=1S/C12H8O2/c13-9-3-1-8-2-4-12-10(5-6-14-12)11(8)7-9/h1-7,13H. The molecule has 0 amide bonds. The first kappa shape index (κ1) is 7.44. The zero-order valence-electron chi connectivity index (χ0n) is 7.40. The van der Waals surface area contributed by atoms with E-state index in [0.717, 1.165) is 21.7 Å². The predicted molar refractivity (Wildman–Crippen MR) is 55.4 cm³/mol. The maximum absolute atomic E-state index is 9.40. The van der Waals surface area contributed by atoms with Crippen molar-refractivity contribution in [1.82, 2.24) is 0 Å². The van der Waals surface area contributed by atoms with Crippen LogP contribution in [0.4, 0.5) is 0 Å². The van der Waals surface area contributed by atoms with Crippen LogP contribution >= 0.6 is 0 Å². The largest absolute Gasteiger partial charge is 0.508 e. The van der Waals surface area contributed by atoms with Gasteiger partial charge in [0.2, 0.25) is 0 Å². The minimum atomic E-state index is 0.284. The second-order valence-corrected chi connectivity index (χ2v) is 3.30. The number of benzene rings is 2. The van der Waals surface area contributed by atoms with Crippen LogP contribution < -0.4 is 0 Å². The average Bonchev–Trinajstić information content (AvgIpc) is 2.65. The van der Waals surface area contributed by atoms with Crippen LogP contribution in [0.3, 0.4) is 0 Å². The zero-order chi connectivity index (χ0) is 9.54. The van der Waals surface area contributed by atoms with Crippen molar-refractivity contribution in [2.75, 3.05) is 0 Å². The van der Waals surface area contributed by atoms with Crippen LogP contribution in [0.2, 0.25) is 0 Å². The first-order chi connectivity index (χ1) is 6.84. The molecule has 0 saturated carbocycles. The first-order valence-corrected chi connectivity index (χ1v) is 4.43. The number of rotatable bonds is 0. The van der Waals surface area contributed by atoms with Crippen LogP contribution in [-0.4, -0.2) is 5.11 Å². The number of aromatic hydroxyl groups is 1.